The van der Waals surface area contributed by atoms with Crippen LogP contribution in [0.1, 0.15) is 49.3 Å². The summed E-state index contributed by atoms with van der Waals surface area (Å²) in [6.45, 7) is 6.73. The van der Waals surface area contributed by atoms with E-state index in [0.717, 1.165) is 12.3 Å². The molecule has 1 aliphatic rings. The van der Waals surface area contributed by atoms with Crippen LogP contribution in [0.3, 0.4) is 0 Å². The first kappa shape index (κ1) is 13.6. The molecule has 0 aromatic heterocycles. The van der Waals surface area contributed by atoms with Crippen molar-refractivity contribution >= 4 is 0 Å². The van der Waals surface area contributed by atoms with Gasteiger partial charge in [-0.2, -0.15) is 0 Å². The molecular weight excluding hydrogens is 220 g/mol. The van der Waals surface area contributed by atoms with Crippen LogP contribution in [0, 0.1) is 19.8 Å². The monoisotopic (exact) mass is 246 g/mol. The molecule has 1 saturated carbocycles. The van der Waals surface area contributed by atoms with Gasteiger partial charge in [0.2, 0.25) is 0 Å². The number of ether oxygens (including phenoxy) is 1. The van der Waals surface area contributed by atoms with Crippen LogP contribution in [-0.2, 0) is 11.2 Å². The summed E-state index contributed by atoms with van der Waals surface area (Å²) in [5.74, 6) is 0.869. The lowest BCUT2D eigenvalue weighted by molar-refractivity contribution is -0.0469. The largest absolute Gasteiger partial charge is 0.378 e. The Morgan fingerprint density at radius 1 is 1.17 bits per heavy atom. The smallest absolute Gasteiger partial charge is 0.0719 e. The van der Waals surface area contributed by atoms with Gasteiger partial charge in [0.1, 0.15) is 0 Å². The lowest BCUT2D eigenvalue weighted by Gasteiger charge is -2.38. The molecule has 1 fully saturated rings. The van der Waals surface area contributed by atoms with Gasteiger partial charge in [-0.05, 0) is 62.1 Å². The van der Waals surface area contributed by atoms with Gasteiger partial charge in [-0.3, -0.25) is 0 Å². The quantitative estimate of drug-likeness (QED) is 0.766. The molecule has 0 heterocycles. The summed E-state index contributed by atoms with van der Waals surface area (Å²) in [6.07, 6.45) is 6.09. The van der Waals surface area contributed by atoms with E-state index in [2.05, 4.69) is 39.0 Å². The van der Waals surface area contributed by atoms with E-state index in [1.165, 1.54) is 42.4 Å². The Balaban J connectivity index is 2.12. The fourth-order valence-corrected chi connectivity index (χ4v) is 3.03. The second-order valence-corrected chi connectivity index (χ2v) is 6.17. The Hall–Kier alpha value is -0.820. The van der Waals surface area contributed by atoms with Gasteiger partial charge in [-0.25, -0.2) is 0 Å². The fraction of sp³-hybridized carbons (Fsp3) is 0.647. The van der Waals surface area contributed by atoms with E-state index in [1.807, 2.05) is 7.11 Å². The zero-order valence-electron chi connectivity index (χ0n) is 12.3. The molecule has 1 aliphatic carbocycles. The first-order valence-electron chi connectivity index (χ1n) is 7.16. The normalized spacial score (nSPS) is 28.3. The molecule has 1 heteroatoms. The minimum atomic E-state index is 0.0915. The van der Waals surface area contributed by atoms with Crippen molar-refractivity contribution in [3.8, 4) is 0 Å². The standard InChI is InChI=1S/C17H26O/c1-13-7-9-17(18-4,10-8-13)12-16-6-5-14(2)15(3)11-16/h5-6,11,13H,7-10,12H2,1-4H3. The first-order valence-corrected chi connectivity index (χ1v) is 7.16. The molecule has 0 amide bonds. The lowest BCUT2D eigenvalue weighted by Crippen LogP contribution is -2.38. The van der Waals surface area contributed by atoms with Crippen LogP contribution in [0.4, 0.5) is 0 Å². The van der Waals surface area contributed by atoms with Crippen molar-refractivity contribution < 1.29 is 4.74 Å². The highest BCUT2D eigenvalue weighted by atomic mass is 16.5. The summed E-state index contributed by atoms with van der Waals surface area (Å²) < 4.78 is 5.90. The van der Waals surface area contributed by atoms with Crippen LogP contribution in [-0.4, -0.2) is 12.7 Å². The molecule has 0 atom stereocenters. The maximum absolute atomic E-state index is 5.90. The third-order valence-electron chi connectivity index (χ3n) is 4.72. The SMILES string of the molecule is COC1(Cc2ccc(C)c(C)c2)CCC(C)CC1. The van der Waals surface area contributed by atoms with Crippen LogP contribution >= 0.6 is 0 Å². The number of rotatable bonds is 3. The summed E-state index contributed by atoms with van der Waals surface area (Å²) in [7, 11) is 1.89. The summed E-state index contributed by atoms with van der Waals surface area (Å²) in [6, 6.07) is 6.83. The summed E-state index contributed by atoms with van der Waals surface area (Å²) in [5.41, 5.74) is 4.29. The van der Waals surface area contributed by atoms with Gasteiger partial charge in [0.05, 0.1) is 5.60 Å². The molecule has 0 N–H and O–H groups in total. The molecule has 1 nitrogen and oxygen atoms in total. The third-order valence-corrected chi connectivity index (χ3v) is 4.72. The van der Waals surface area contributed by atoms with Crippen molar-refractivity contribution in [3.63, 3.8) is 0 Å². The molecule has 0 aliphatic heterocycles. The minimum Gasteiger partial charge on any atom is -0.378 e. The number of hydrogen-bond donors (Lipinski definition) is 0. The molecule has 1 aromatic rings. The lowest BCUT2D eigenvalue weighted by atomic mass is 9.76. The molecule has 0 spiro atoms. The Morgan fingerprint density at radius 2 is 1.83 bits per heavy atom. The predicted molar refractivity (Wildman–Crippen MR) is 77.0 cm³/mol. The zero-order chi connectivity index (χ0) is 13.2. The number of methoxy groups -OCH3 is 1. The van der Waals surface area contributed by atoms with Crippen molar-refractivity contribution in [1.82, 2.24) is 0 Å². The zero-order valence-corrected chi connectivity index (χ0v) is 12.3. The molecule has 0 radical (unpaired) electrons. The highest BCUT2D eigenvalue weighted by molar-refractivity contribution is 5.30. The van der Waals surface area contributed by atoms with E-state index < -0.39 is 0 Å². The molecule has 100 valence electrons. The van der Waals surface area contributed by atoms with Gasteiger partial charge in [0.25, 0.3) is 0 Å². The second kappa shape index (κ2) is 5.44. The van der Waals surface area contributed by atoms with Gasteiger partial charge in [0, 0.05) is 13.5 Å². The summed E-state index contributed by atoms with van der Waals surface area (Å²) in [4.78, 5) is 0. The second-order valence-electron chi connectivity index (χ2n) is 6.17. The molecule has 1 aromatic carbocycles. The minimum absolute atomic E-state index is 0.0915. The van der Waals surface area contributed by atoms with E-state index in [4.69, 9.17) is 4.74 Å². The van der Waals surface area contributed by atoms with E-state index >= 15 is 0 Å². The van der Waals surface area contributed by atoms with E-state index in [9.17, 15) is 0 Å². The van der Waals surface area contributed by atoms with Crippen molar-refractivity contribution in [1.29, 1.82) is 0 Å². The van der Waals surface area contributed by atoms with Crippen LogP contribution in [0.15, 0.2) is 18.2 Å². The van der Waals surface area contributed by atoms with Gasteiger partial charge in [-0.15, -0.1) is 0 Å². The maximum Gasteiger partial charge on any atom is 0.0719 e. The number of aryl methyl sites for hydroxylation is 2. The molecule has 0 unspecified atom stereocenters. The van der Waals surface area contributed by atoms with Crippen molar-refractivity contribution in [2.24, 2.45) is 5.92 Å². The van der Waals surface area contributed by atoms with Crippen LogP contribution in [0.25, 0.3) is 0 Å². The Labute approximate surface area is 112 Å². The average Bonchev–Trinajstić information content (AvgIpc) is 2.37. The van der Waals surface area contributed by atoms with Crippen molar-refractivity contribution in [2.75, 3.05) is 7.11 Å². The van der Waals surface area contributed by atoms with E-state index in [-0.39, 0.29) is 5.60 Å². The molecule has 0 saturated heterocycles. The molecule has 18 heavy (non-hydrogen) atoms. The third kappa shape index (κ3) is 2.95. The first-order chi connectivity index (χ1) is 8.54. The summed E-state index contributed by atoms with van der Waals surface area (Å²) in [5, 5.41) is 0. The van der Waals surface area contributed by atoms with Gasteiger partial charge in [-0.1, -0.05) is 25.1 Å². The molecule has 0 bridgehead atoms. The molecular formula is C17H26O. The van der Waals surface area contributed by atoms with Crippen molar-refractivity contribution in [3.05, 3.63) is 34.9 Å². The predicted octanol–water partition coefficient (Wildman–Crippen LogP) is 4.44. The number of benzene rings is 1. The highest BCUT2D eigenvalue weighted by Gasteiger charge is 2.34. The average molecular weight is 246 g/mol. The Kier molecular flexibility index (Phi) is 4.11. The van der Waals surface area contributed by atoms with Crippen molar-refractivity contribution in [2.45, 2.75) is 58.5 Å². The number of hydrogen-bond acceptors (Lipinski definition) is 1. The van der Waals surface area contributed by atoms with Crippen LogP contribution in [0.5, 0.6) is 0 Å². The van der Waals surface area contributed by atoms with Gasteiger partial charge < -0.3 is 4.74 Å². The Morgan fingerprint density at radius 3 is 2.39 bits per heavy atom. The van der Waals surface area contributed by atoms with Gasteiger partial charge in [0.15, 0.2) is 0 Å². The Bertz CT molecular complexity index is 400. The molecule has 2 rings (SSSR count). The van der Waals surface area contributed by atoms with Crippen LogP contribution in [0.2, 0.25) is 0 Å². The fourth-order valence-electron chi connectivity index (χ4n) is 3.03. The van der Waals surface area contributed by atoms with Crippen LogP contribution < -0.4 is 0 Å². The maximum atomic E-state index is 5.90. The van der Waals surface area contributed by atoms with E-state index in [0.29, 0.717) is 0 Å². The van der Waals surface area contributed by atoms with E-state index in [1.54, 1.807) is 0 Å². The topological polar surface area (TPSA) is 9.23 Å². The summed E-state index contributed by atoms with van der Waals surface area (Å²) >= 11 is 0. The van der Waals surface area contributed by atoms with Gasteiger partial charge >= 0.3 is 0 Å². The highest BCUT2D eigenvalue weighted by Crippen LogP contribution is 2.37.